The molecule has 9 nitrogen and oxygen atoms in total. The fraction of sp³-hybridized carbons (Fsp3) is 0. The van der Waals surface area contributed by atoms with Gasteiger partial charge in [-0.15, -0.1) is 0 Å². The highest BCUT2D eigenvalue weighted by Gasteiger charge is 2.20. The Morgan fingerprint density at radius 3 is 1.46 bits per heavy atom. The molecule has 65 heavy (non-hydrogen) atoms. The number of benzene rings is 6. The van der Waals surface area contributed by atoms with Crippen molar-refractivity contribution in [3.8, 4) is 67.5 Å². The van der Waals surface area contributed by atoms with Crippen molar-refractivity contribution in [1.82, 2.24) is 39.9 Å². The second-order valence-corrected chi connectivity index (χ2v) is 16.0. The summed E-state index contributed by atoms with van der Waals surface area (Å²) in [4.78, 5) is 39.3. The fourth-order valence-electron chi connectivity index (χ4n) is 9.07. The minimum atomic E-state index is 0.518. The molecule has 7 heterocycles. The first-order valence-corrected chi connectivity index (χ1v) is 21.3. The summed E-state index contributed by atoms with van der Waals surface area (Å²) in [6.45, 7) is 0. The molecule has 0 bridgehead atoms. The van der Waals surface area contributed by atoms with Gasteiger partial charge in [0.15, 0.2) is 17.5 Å². The number of pyridine rings is 5. The average Bonchev–Trinajstić information content (AvgIpc) is 3.76. The summed E-state index contributed by atoms with van der Waals surface area (Å²) < 4.78 is 6.36. The molecule has 0 amide bonds. The van der Waals surface area contributed by atoms with Crippen LogP contribution in [0.1, 0.15) is 0 Å². The zero-order chi connectivity index (χ0) is 42.8. The molecule has 6 aromatic carbocycles. The van der Waals surface area contributed by atoms with Crippen molar-refractivity contribution in [1.29, 1.82) is 0 Å². The molecule has 0 saturated carbocycles. The van der Waals surface area contributed by atoms with Crippen LogP contribution in [0.3, 0.4) is 0 Å². The Hall–Kier alpha value is -9.08. The molecule has 0 unspecified atom stereocenters. The third kappa shape index (κ3) is 6.25. The van der Waals surface area contributed by atoms with Crippen molar-refractivity contribution in [3.63, 3.8) is 0 Å². The zero-order valence-corrected chi connectivity index (χ0v) is 34.5. The minimum Gasteiger partial charge on any atom is -0.456 e. The number of aromatic nitrogens is 8. The molecule has 7 aromatic heterocycles. The van der Waals surface area contributed by atoms with Gasteiger partial charge in [0.2, 0.25) is 0 Å². The molecule has 0 saturated heterocycles. The Kier molecular flexibility index (Phi) is 8.32. The lowest BCUT2D eigenvalue weighted by Gasteiger charge is -2.16. The quantitative estimate of drug-likeness (QED) is 0.151. The summed E-state index contributed by atoms with van der Waals surface area (Å²) in [7, 11) is 0. The molecule has 0 aliphatic carbocycles. The number of hydrogen-bond acceptors (Lipinski definition) is 9. The second-order valence-electron chi connectivity index (χ2n) is 16.0. The van der Waals surface area contributed by atoms with E-state index in [1.807, 2.05) is 85.6 Å². The van der Waals surface area contributed by atoms with Gasteiger partial charge >= 0.3 is 0 Å². The summed E-state index contributed by atoms with van der Waals surface area (Å²) in [5.74, 6) is 1.58. The normalized spacial score (nSPS) is 11.7. The molecule has 0 aliphatic heterocycles. The maximum absolute atomic E-state index is 6.36. The molecule has 0 N–H and O–H groups in total. The molecule has 302 valence electrons. The van der Waals surface area contributed by atoms with Crippen molar-refractivity contribution in [2.45, 2.75) is 0 Å². The zero-order valence-electron chi connectivity index (χ0n) is 34.5. The summed E-state index contributed by atoms with van der Waals surface area (Å²) in [5.41, 5.74) is 13.5. The van der Waals surface area contributed by atoms with E-state index in [1.54, 1.807) is 6.20 Å². The van der Waals surface area contributed by atoms with Crippen molar-refractivity contribution in [2.75, 3.05) is 0 Å². The predicted octanol–water partition coefficient (Wildman–Crippen LogP) is 13.4. The third-order valence-corrected chi connectivity index (χ3v) is 12.1. The van der Waals surface area contributed by atoms with Gasteiger partial charge in [0.05, 0.1) is 22.1 Å². The van der Waals surface area contributed by atoms with Crippen LogP contribution in [0.25, 0.3) is 133 Å². The maximum atomic E-state index is 6.36. The Labute approximate surface area is 370 Å². The van der Waals surface area contributed by atoms with Crippen LogP contribution in [0.5, 0.6) is 0 Å². The summed E-state index contributed by atoms with van der Waals surface area (Å²) in [5, 5.41) is 6.05. The SMILES string of the molecule is c1cncc(-c2ccc(-c3nc(-c4cc(-c5cc6cccnc6c6ncccc56)cc(-c5cc6cccnc6c6ncccc56)c4)nc(-c4ccc5c(c4)oc4ccccc45)n3)cc2)c1. The Bertz CT molecular complexity index is 3880. The largest absolute Gasteiger partial charge is 0.456 e. The minimum absolute atomic E-state index is 0.518. The van der Waals surface area contributed by atoms with E-state index >= 15 is 0 Å². The van der Waals surface area contributed by atoms with E-state index in [9.17, 15) is 0 Å². The monoisotopic (exact) mass is 832 g/mol. The van der Waals surface area contributed by atoms with Gasteiger partial charge in [-0.3, -0.25) is 24.9 Å². The van der Waals surface area contributed by atoms with E-state index < -0.39 is 0 Å². The van der Waals surface area contributed by atoms with Crippen LogP contribution in [0.15, 0.2) is 199 Å². The fourth-order valence-corrected chi connectivity index (χ4v) is 9.07. The predicted molar refractivity (Wildman–Crippen MR) is 259 cm³/mol. The first-order chi connectivity index (χ1) is 32.2. The van der Waals surface area contributed by atoms with Crippen LogP contribution in [-0.2, 0) is 0 Å². The number of hydrogen-bond donors (Lipinski definition) is 0. The summed E-state index contributed by atoms with van der Waals surface area (Å²) in [6.07, 6.45) is 10.9. The number of nitrogens with zero attached hydrogens (tertiary/aromatic N) is 8. The van der Waals surface area contributed by atoms with Gasteiger partial charge in [-0.1, -0.05) is 78.9 Å². The van der Waals surface area contributed by atoms with Crippen LogP contribution >= 0.6 is 0 Å². The first kappa shape index (κ1) is 36.6. The van der Waals surface area contributed by atoms with Crippen LogP contribution in [0.2, 0.25) is 0 Å². The lowest BCUT2D eigenvalue weighted by molar-refractivity contribution is 0.669. The van der Waals surface area contributed by atoms with Crippen LogP contribution < -0.4 is 0 Å². The van der Waals surface area contributed by atoms with Crippen molar-refractivity contribution >= 4 is 65.6 Å². The molecule has 0 aliphatic rings. The third-order valence-electron chi connectivity index (χ3n) is 12.1. The van der Waals surface area contributed by atoms with Gasteiger partial charge in [-0.05, 0) is 112 Å². The smallest absolute Gasteiger partial charge is 0.164 e. The second kappa shape index (κ2) is 14.8. The van der Waals surface area contributed by atoms with E-state index in [0.717, 1.165) is 116 Å². The van der Waals surface area contributed by atoms with Gasteiger partial charge < -0.3 is 4.42 Å². The number of para-hydroxylation sites is 1. The van der Waals surface area contributed by atoms with Gasteiger partial charge in [-0.25, -0.2) is 15.0 Å². The highest BCUT2D eigenvalue weighted by atomic mass is 16.3. The number of rotatable bonds is 6. The lowest BCUT2D eigenvalue weighted by Crippen LogP contribution is -2.01. The molecule has 0 radical (unpaired) electrons. The van der Waals surface area contributed by atoms with Crippen LogP contribution in [0, 0.1) is 0 Å². The molecular weight excluding hydrogens is 801 g/mol. The molecule has 13 rings (SSSR count). The Morgan fingerprint density at radius 1 is 0.308 bits per heavy atom. The van der Waals surface area contributed by atoms with E-state index in [0.29, 0.717) is 17.5 Å². The van der Waals surface area contributed by atoms with Crippen LogP contribution in [0.4, 0.5) is 0 Å². The van der Waals surface area contributed by atoms with E-state index in [4.69, 9.17) is 39.3 Å². The highest BCUT2D eigenvalue weighted by Crippen LogP contribution is 2.41. The van der Waals surface area contributed by atoms with Crippen LogP contribution in [-0.4, -0.2) is 39.9 Å². The van der Waals surface area contributed by atoms with Crippen molar-refractivity contribution in [3.05, 3.63) is 195 Å². The van der Waals surface area contributed by atoms with Gasteiger partial charge in [0.25, 0.3) is 0 Å². The topological polar surface area (TPSA) is 116 Å². The molecule has 9 heteroatoms. The molecular formula is C56H32N8O. The number of fused-ring (bicyclic) bond motifs is 9. The first-order valence-electron chi connectivity index (χ1n) is 21.3. The van der Waals surface area contributed by atoms with E-state index in [2.05, 4.69) is 108 Å². The molecule has 0 spiro atoms. The van der Waals surface area contributed by atoms with Gasteiger partial charge in [0.1, 0.15) is 11.2 Å². The van der Waals surface area contributed by atoms with E-state index in [1.165, 1.54) is 0 Å². The van der Waals surface area contributed by atoms with Gasteiger partial charge in [-0.2, -0.15) is 0 Å². The summed E-state index contributed by atoms with van der Waals surface area (Å²) >= 11 is 0. The van der Waals surface area contributed by atoms with Crippen molar-refractivity contribution in [2.24, 2.45) is 0 Å². The van der Waals surface area contributed by atoms with E-state index in [-0.39, 0.29) is 0 Å². The Morgan fingerprint density at radius 2 is 0.815 bits per heavy atom. The molecule has 0 atom stereocenters. The average molecular weight is 833 g/mol. The lowest BCUT2D eigenvalue weighted by atomic mass is 9.91. The highest BCUT2D eigenvalue weighted by molar-refractivity contribution is 6.13. The van der Waals surface area contributed by atoms with Gasteiger partial charge in [0, 0.05) is 86.2 Å². The molecule has 13 aromatic rings. The maximum Gasteiger partial charge on any atom is 0.164 e. The molecule has 0 fully saturated rings. The van der Waals surface area contributed by atoms with Crippen molar-refractivity contribution < 1.29 is 4.42 Å². The standard InChI is InChI=1S/C56H32N8O/c1-2-14-48-42(11-1)43-20-19-37(31-49(43)65-48)55-62-54(34-17-15-33(16-18-34)38-10-3-21-57-32-38)63-56(64-55)41-27-39(46-29-35-8-4-22-58-50(35)52-44(46)12-6-24-60-52)26-40(28-41)47-30-36-9-5-23-59-51(36)53-45(47)13-7-25-61-53/h1-32H. The number of furan rings is 1. The summed E-state index contributed by atoms with van der Waals surface area (Å²) in [6, 6.07) is 53.8. The Balaban J connectivity index is 1.07.